The van der Waals surface area contributed by atoms with E-state index in [0.29, 0.717) is 6.04 Å². The van der Waals surface area contributed by atoms with Gasteiger partial charge >= 0.3 is 0 Å². The van der Waals surface area contributed by atoms with E-state index in [1.807, 2.05) is 23.1 Å². The molecular weight excluding hydrogens is 406 g/mol. The van der Waals surface area contributed by atoms with Crippen LogP contribution in [0.15, 0.2) is 79.3 Å². The minimum atomic E-state index is 0.521. The lowest BCUT2D eigenvalue weighted by atomic mass is 10.1. The lowest BCUT2D eigenvalue weighted by Crippen LogP contribution is -2.06. The van der Waals surface area contributed by atoms with Crippen molar-refractivity contribution in [3.8, 4) is 28.1 Å². The van der Waals surface area contributed by atoms with E-state index in [2.05, 4.69) is 76.3 Å². The molecule has 1 saturated carbocycles. The van der Waals surface area contributed by atoms with Crippen LogP contribution in [-0.2, 0) is 6.42 Å². The maximum absolute atomic E-state index is 5.02. The van der Waals surface area contributed by atoms with Gasteiger partial charge in [0.2, 0.25) is 0 Å². The molecule has 2 aromatic carbocycles. The molecular formula is C28H27N5. The number of fused-ring (bicyclic) bond motifs is 1. The van der Waals surface area contributed by atoms with Gasteiger partial charge in [0.25, 0.3) is 0 Å². The van der Waals surface area contributed by atoms with Gasteiger partial charge in [0.1, 0.15) is 0 Å². The Bertz CT molecular complexity index is 1390. The highest BCUT2D eigenvalue weighted by atomic mass is 15.3. The lowest BCUT2D eigenvalue weighted by Gasteiger charge is -2.13. The SMILES string of the molecule is CCc1nn(C2CCCC2)c2cc(-c3ccnn3-c3ccc(-c4cccnc4)cc3)ccc12. The number of hydrogen-bond donors (Lipinski definition) is 0. The zero-order valence-electron chi connectivity index (χ0n) is 18.9. The molecule has 0 radical (unpaired) electrons. The molecule has 1 aliphatic rings. The van der Waals surface area contributed by atoms with Crippen molar-refractivity contribution in [1.82, 2.24) is 24.5 Å². The van der Waals surface area contributed by atoms with Crippen LogP contribution in [0.3, 0.4) is 0 Å². The molecule has 1 aliphatic carbocycles. The van der Waals surface area contributed by atoms with Crippen LogP contribution < -0.4 is 0 Å². The maximum Gasteiger partial charge on any atom is 0.0741 e. The number of benzene rings is 2. The highest BCUT2D eigenvalue weighted by Gasteiger charge is 2.22. The van der Waals surface area contributed by atoms with Gasteiger partial charge in [-0.05, 0) is 60.7 Å². The summed E-state index contributed by atoms with van der Waals surface area (Å²) in [5, 5.41) is 10.9. The molecule has 0 N–H and O–H groups in total. The molecule has 5 aromatic rings. The molecule has 0 amide bonds. The summed E-state index contributed by atoms with van der Waals surface area (Å²) < 4.78 is 4.32. The van der Waals surface area contributed by atoms with Gasteiger partial charge in [-0.3, -0.25) is 9.67 Å². The molecule has 0 spiro atoms. The molecule has 3 aromatic heterocycles. The van der Waals surface area contributed by atoms with Crippen molar-refractivity contribution >= 4 is 10.9 Å². The summed E-state index contributed by atoms with van der Waals surface area (Å²) >= 11 is 0. The van der Waals surface area contributed by atoms with Crippen molar-refractivity contribution in [2.45, 2.75) is 45.1 Å². The molecule has 3 heterocycles. The first-order valence-electron chi connectivity index (χ1n) is 11.9. The Morgan fingerprint density at radius 3 is 2.45 bits per heavy atom. The molecule has 5 heteroatoms. The molecule has 0 saturated heterocycles. The van der Waals surface area contributed by atoms with E-state index < -0.39 is 0 Å². The quantitative estimate of drug-likeness (QED) is 0.313. The van der Waals surface area contributed by atoms with Crippen LogP contribution in [0, 0.1) is 0 Å². The molecule has 33 heavy (non-hydrogen) atoms. The summed E-state index contributed by atoms with van der Waals surface area (Å²) in [7, 11) is 0. The Kier molecular flexibility index (Phi) is 5.02. The van der Waals surface area contributed by atoms with Crippen LogP contribution in [0.5, 0.6) is 0 Å². The molecule has 1 fully saturated rings. The van der Waals surface area contributed by atoms with Crippen LogP contribution in [0.25, 0.3) is 39.0 Å². The van der Waals surface area contributed by atoms with E-state index in [1.54, 1.807) is 6.20 Å². The summed E-state index contributed by atoms with van der Waals surface area (Å²) in [5.41, 5.74) is 8.00. The molecule has 6 rings (SSSR count). The highest BCUT2D eigenvalue weighted by Crippen LogP contribution is 2.35. The molecule has 0 atom stereocenters. The summed E-state index contributed by atoms with van der Waals surface area (Å²) in [6, 6.07) is 21.9. The number of aromatic nitrogens is 5. The van der Waals surface area contributed by atoms with Gasteiger partial charge in [0.15, 0.2) is 0 Å². The second kappa shape index (κ2) is 8.32. The molecule has 0 unspecified atom stereocenters. The van der Waals surface area contributed by atoms with E-state index in [4.69, 9.17) is 5.10 Å². The largest absolute Gasteiger partial charge is 0.264 e. The normalized spacial score (nSPS) is 14.3. The Balaban J connectivity index is 1.40. The predicted molar refractivity (Wildman–Crippen MR) is 132 cm³/mol. The van der Waals surface area contributed by atoms with Crippen LogP contribution in [0.2, 0.25) is 0 Å². The maximum atomic E-state index is 5.02. The Morgan fingerprint density at radius 1 is 0.879 bits per heavy atom. The monoisotopic (exact) mass is 433 g/mol. The molecule has 0 aliphatic heterocycles. The Hall–Kier alpha value is -3.73. The minimum absolute atomic E-state index is 0.521. The topological polar surface area (TPSA) is 48.5 Å². The zero-order chi connectivity index (χ0) is 22.2. The van der Waals surface area contributed by atoms with Gasteiger partial charge < -0.3 is 0 Å². The fourth-order valence-electron chi connectivity index (χ4n) is 5.11. The minimum Gasteiger partial charge on any atom is -0.264 e. The number of pyridine rings is 1. The number of rotatable bonds is 5. The number of hydrogen-bond acceptors (Lipinski definition) is 3. The molecule has 0 bridgehead atoms. The van der Waals surface area contributed by atoms with Crippen molar-refractivity contribution in [3.63, 3.8) is 0 Å². The lowest BCUT2D eigenvalue weighted by molar-refractivity contribution is 0.478. The smallest absolute Gasteiger partial charge is 0.0741 e. The third-order valence-electron chi connectivity index (χ3n) is 6.83. The standard InChI is InChI=1S/C28H27N5/c1-2-26-25-14-11-21(18-28(25)33(31-26)23-7-3-4-8-23)27-15-17-30-32(27)24-12-9-20(10-13-24)22-6-5-16-29-19-22/h5-6,9-19,23H,2-4,7-8H2,1H3. The van der Waals surface area contributed by atoms with E-state index in [9.17, 15) is 0 Å². The second-order valence-corrected chi connectivity index (χ2v) is 8.83. The molecule has 164 valence electrons. The summed E-state index contributed by atoms with van der Waals surface area (Å²) in [6.07, 6.45) is 11.6. The summed E-state index contributed by atoms with van der Waals surface area (Å²) in [5.74, 6) is 0. The summed E-state index contributed by atoms with van der Waals surface area (Å²) in [6.45, 7) is 2.19. The Labute approximate surface area is 193 Å². The van der Waals surface area contributed by atoms with E-state index in [1.165, 1.54) is 42.3 Å². The van der Waals surface area contributed by atoms with E-state index in [0.717, 1.165) is 34.5 Å². The van der Waals surface area contributed by atoms with Crippen LogP contribution in [-0.4, -0.2) is 24.5 Å². The van der Waals surface area contributed by atoms with Crippen molar-refractivity contribution in [2.24, 2.45) is 0 Å². The van der Waals surface area contributed by atoms with E-state index in [-0.39, 0.29) is 0 Å². The fourth-order valence-corrected chi connectivity index (χ4v) is 5.11. The van der Waals surface area contributed by atoms with Crippen molar-refractivity contribution < 1.29 is 0 Å². The third-order valence-corrected chi connectivity index (χ3v) is 6.83. The van der Waals surface area contributed by atoms with Crippen LogP contribution >= 0.6 is 0 Å². The molecule has 5 nitrogen and oxygen atoms in total. The van der Waals surface area contributed by atoms with Gasteiger partial charge in [-0.2, -0.15) is 10.2 Å². The van der Waals surface area contributed by atoms with Gasteiger partial charge in [-0.1, -0.05) is 50.1 Å². The first-order valence-corrected chi connectivity index (χ1v) is 11.9. The van der Waals surface area contributed by atoms with Crippen LogP contribution in [0.4, 0.5) is 0 Å². The average Bonchev–Trinajstić information content (AvgIpc) is 3.64. The van der Waals surface area contributed by atoms with Gasteiger partial charge in [-0.25, -0.2) is 4.68 Å². The first kappa shape index (κ1) is 19.9. The number of aryl methyl sites for hydroxylation is 1. The van der Waals surface area contributed by atoms with Gasteiger partial charge in [0.05, 0.1) is 34.8 Å². The highest BCUT2D eigenvalue weighted by molar-refractivity contribution is 5.86. The van der Waals surface area contributed by atoms with Crippen molar-refractivity contribution in [3.05, 3.63) is 84.9 Å². The summed E-state index contributed by atoms with van der Waals surface area (Å²) in [4.78, 5) is 4.23. The average molecular weight is 434 g/mol. The fraction of sp³-hybridized carbons (Fsp3) is 0.250. The van der Waals surface area contributed by atoms with Crippen LogP contribution in [0.1, 0.15) is 44.3 Å². The zero-order valence-corrected chi connectivity index (χ0v) is 18.9. The Morgan fingerprint density at radius 2 is 1.70 bits per heavy atom. The second-order valence-electron chi connectivity index (χ2n) is 8.83. The van der Waals surface area contributed by atoms with E-state index >= 15 is 0 Å². The van der Waals surface area contributed by atoms with Gasteiger partial charge in [0, 0.05) is 23.3 Å². The third kappa shape index (κ3) is 3.54. The van der Waals surface area contributed by atoms with Gasteiger partial charge in [-0.15, -0.1) is 0 Å². The van der Waals surface area contributed by atoms with Crippen molar-refractivity contribution in [2.75, 3.05) is 0 Å². The van der Waals surface area contributed by atoms with Crippen molar-refractivity contribution in [1.29, 1.82) is 0 Å². The first-order chi connectivity index (χ1) is 16.3. The number of nitrogens with zero attached hydrogens (tertiary/aromatic N) is 5. The predicted octanol–water partition coefficient (Wildman–Crippen LogP) is 6.63.